The standard InChI is InChI=1S/C16H14Cl3N3O3/c17-16(18,19)15(20-10-11-4-2-1-3-5-11)21-14(23)12-6-8-13(9-7-12)22(24)25/h1-9,15,20H,10H2,(H,21,23)/t15-/m0/s1. The molecule has 0 aliphatic carbocycles. The number of rotatable bonds is 6. The molecule has 1 atom stereocenters. The van der Waals surface area contributed by atoms with Crippen LogP contribution in [0.25, 0.3) is 0 Å². The van der Waals surface area contributed by atoms with Crippen LogP contribution in [0.1, 0.15) is 15.9 Å². The zero-order valence-electron chi connectivity index (χ0n) is 12.8. The molecule has 0 saturated carbocycles. The van der Waals surface area contributed by atoms with Gasteiger partial charge in [0.25, 0.3) is 11.6 Å². The third-order valence-electron chi connectivity index (χ3n) is 3.30. The van der Waals surface area contributed by atoms with E-state index in [0.717, 1.165) is 5.56 Å². The number of nitro benzene ring substituents is 1. The summed E-state index contributed by atoms with van der Waals surface area (Å²) in [6.45, 7) is 0.375. The maximum atomic E-state index is 12.3. The maximum Gasteiger partial charge on any atom is 0.269 e. The van der Waals surface area contributed by atoms with Crippen LogP contribution in [-0.4, -0.2) is 20.8 Å². The number of carbonyl (C=O) groups is 1. The maximum absolute atomic E-state index is 12.3. The molecule has 25 heavy (non-hydrogen) atoms. The van der Waals surface area contributed by atoms with E-state index in [1.54, 1.807) is 0 Å². The molecule has 0 fully saturated rings. The van der Waals surface area contributed by atoms with E-state index in [2.05, 4.69) is 10.6 Å². The second-order valence-electron chi connectivity index (χ2n) is 5.12. The summed E-state index contributed by atoms with van der Waals surface area (Å²) in [5.41, 5.74) is 1.05. The van der Waals surface area contributed by atoms with Gasteiger partial charge in [0.1, 0.15) is 6.17 Å². The van der Waals surface area contributed by atoms with E-state index in [0.29, 0.717) is 6.54 Å². The van der Waals surface area contributed by atoms with Gasteiger partial charge in [0.2, 0.25) is 3.79 Å². The molecule has 0 radical (unpaired) electrons. The predicted molar refractivity (Wildman–Crippen MR) is 97.9 cm³/mol. The molecule has 0 heterocycles. The van der Waals surface area contributed by atoms with Gasteiger partial charge in [0.15, 0.2) is 0 Å². The zero-order chi connectivity index (χ0) is 18.4. The number of amides is 1. The predicted octanol–water partition coefficient (Wildman–Crippen LogP) is 3.81. The van der Waals surface area contributed by atoms with Crippen LogP contribution in [-0.2, 0) is 6.54 Å². The number of alkyl halides is 3. The highest BCUT2D eigenvalue weighted by molar-refractivity contribution is 6.68. The van der Waals surface area contributed by atoms with Gasteiger partial charge in [0.05, 0.1) is 4.92 Å². The van der Waals surface area contributed by atoms with Gasteiger partial charge in [-0.1, -0.05) is 65.1 Å². The first-order valence-electron chi connectivity index (χ1n) is 7.17. The number of nitrogens with one attached hydrogen (secondary N) is 2. The van der Waals surface area contributed by atoms with Crippen LogP contribution in [0, 0.1) is 10.1 Å². The molecule has 0 aliphatic rings. The average Bonchev–Trinajstić information content (AvgIpc) is 2.58. The lowest BCUT2D eigenvalue weighted by molar-refractivity contribution is -0.384. The molecule has 0 spiro atoms. The lowest BCUT2D eigenvalue weighted by Crippen LogP contribution is -2.53. The van der Waals surface area contributed by atoms with E-state index in [4.69, 9.17) is 34.8 Å². The number of non-ortho nitro benzene ring substituents is 1. The molecule has 1 amide bonds. The number of nitrogens with zero attached hydrogens (tertiary/aromatic N) is 1. The van der Waals surface area contributed by atoms with Gasteiger partial charge in [-0.2, -0.15) is 0 Å². The number of carbonyl (C=O) groups excluding carboxylic acids is 1. The van der Waals surface area contributed by atoms with Crippen LogP contribution in [0.3, 0.4) is 0 Å². The molecule has 0 unspecified atom stereocenters. The minimum absolute atomic E-state index is 0.114. The molecule has 0 bridgehead atoms. The van der Waals surface area contributed by atoms with E-state index in [9.17, 15) is 14.9 Å². The van der Waals surface area contributed by atoms with Crippen molar-refractivity contribution in [1.82, 2.24) is 10.6 Å². The van der Waals surface area contributed by atoms with Crippen molar-refractivity contribution in [1.29, 1.82) is 0 Å². The second-order valence-corrected chi connectivity index (χ2v) is 7.49. The third-order valence-corrected chi connectivity index (χ3v) is 3.95. The normalized spacial score (nSPS) is 12.4. The van der Waals surface area contributed by atoms with E-state index in [1.165, 1.54) is 24.3 Å². The third kappa shape index (κ3) is 5.86. The summed E-state index contributed by atoms with van der Waals surface area (Å²) in [6.07, 6.45) is -0.958. The number of benzene rings is 2. The molecular weight excluding hydrogens is 389 g/mol. The monoisotopic (exact) mass is 401 g/mol. The van der Waals surface area contributed by atoms with Crippen LogP contribution >= 0.6 is 34.8 Å². The minimum atomic E-state index is -1.79. The summed E-state index contributed by atoms with van der Waals surface area (Å²) in [5, 5.41) is 16.2. The Hall–Kier alpha value is -1.86. The summed E-state index contributed by atoms with van der Waals surface area (Å²) in [7, 11) is 0. The zero-order valence-corrected chi connectivity index (χ0v) is 15.1. The number of hydrogen-bond donors (Lipinski definition) is 2. The molecule has 132 valence electrons. The lowest BCUT2D eigenvalue weighted by atomic mass is 10.2. The second kappa shape index (κ2) is 8.49. The van der Waals surface area contributed by atoms with Crippen molar-refractivity contribution in [3.05, 3.63) is 75.8 Å². The van der Waals surface area contributed by atoms with E-state index in [1.807, 2.05) is 30.3 Å². The number of halogens is 3. The quantitative estimate of drug-likeness (QED) is 0.333. The minimum Gasteiger partial charge on any atom is -0.333 e. The van der Waals surface area contributed by atoms with Crippen LogP contribution in [0.4, 0.5) is 5.69 Å². The van der Waals surface area contributed by atoms with Gasteiger partial charge in [-0.3, -0.25) is 20.2 Å². The number of hydrogen-bond acceptors (Lipinski definition) is 4. The van der Waals surface area contributed by atoms with Crippen molar-refractivity contribution in [3.63, 3.8) is 0 Å². The molecule has 0 aliphatic heterocycles. The highest BCUT2D eigenvalue weighted by atomic mass is 35.6. The van der Waals surface area contributed by atoms with Crippen LogP contribution in [0.5, 0.6) is 0 Å². The van der Waals surface area contributed by atoms with Crippen LogP contribution in [0.2, 0.25) is 0 Å². The van der Waals surface area contributed by atoms with Gasteiger partial charge in [0, 0.05) is 24.2 Å². The topological polar surface area (TPSA) is 84.3 Å². The van der Waals surface area contributed by atoms with Crippen molar-refractivity contribution in [2.45, 2.75) is 16.5 Å². The fraction of sp³-hybridized carbons (Fsp3) is 0.188. The molecule has 2 N–H and O–H groups in total. The Morgan fingerprint density at radius 2 is 1.68 bits per heavy atom. The summed E-state index contributed by atoms with van der Waals surface area (Å²) in [4.78, 5) is 22.4. The van der Waals surface area contributed by atoms with Gasteiger partial charge < -0.3 is 5.32 Å². The molecule has 0 saturated heterocycles. The first kappa shape index (κ1) is 19.5. The first-order chi connectivity index (χ1) is 11.8. The van der Waals surface area contributed by atoms with E-state index in [-0.39, 0.29) is 11.3 Å². The Labute approximate surface area is 159 Å². The first-order valence-corrected chi connectivity index (χ1v) is 8.30. The molecule has 2 aromatic carbocycles. The largest absolute Gasteiger partial charge is 0.333 e. The Kier molecular flexibility index (Phi) is 6.61. The molecule has 9 heteroatoms. The van der Waals surface area contributed by atoms with Crippen molar-refractivity contribution < 1.29 is 9.72 Å². The summed E-state index contributed by atoms with van der Waals surface area (Å²) in [6, 6.07) is 14.5. The highest BCUT2D eigenvalue weighted by Crippen LogP contribution is 2.29. The fourth-order valence-electron chi connectivity index (χ4n) is 2.01. The van der Waals surface area contributed by atoms with E-state index < -0.39 is 20.8 Å². The molecular formula is C16H14Cl3N3O3. The van der Waals surface area contributed by atoms with Gasteiger partial charge in [-0.25, -0.2) is 0 Å². The lowest BCUT2D eigenvalue weighted by Gasteiger charge is -2.26. The Morgan fingerprint density at radius 1 is 1.08 bits per heavy atom. The van der Waals surface area contributed by atoms with Crippen molar-refractivity contribution in [3.8, 4) is 0 Å². The average molecular weight is 403 g/mol. The van der Waals surface area contributed by atoms with Crippen LogP contribution < -0.4 is 10.6 Å². The highest BCUT2D eigenvalue weighted by Gasteiger charge is 2.33. The van der Waals surface area contributed by atoms with Gasteiger partial charge in [-0.15, -0.1) is 0 Å². The smallest absolute Gasteiger partial charge is 0.269 e. The Bertz CT molecular complexity index is 734. The molecule has 2 aromatic rings. The molecule has 2 rings (SSSR count). The molecule has 0 aromatic heterocycles. The number of nitro groups is 1. The van der Waals surface area contributed by atoms with E-state index >= 15 is 0 Å². The Morgan fingerprint density at radius 3 is 2.20 bits per heavy atom. The van der Waals surface area contributed by atoms with Crippen molar-refractivity contribution >= 4 is 46.4 Å². The SMILES string of the molecule is O=C(N[C@H](NCc1ccccc1)C(Cl)(Cl)Cl)c1ccc([N+](=O)[O-])cc1. The summed E-state index contributed by atoms with van der Waals surface area (Å²) >= 11 is 17.8. The van der Waals surface area contributed by atoms with Crippen molar-refractivity contribution in [2.75, 3.05) is 0 Å². The van der Waals surface area contributed by atoms with Gasteiger partial charge in [-0.05, 0) is 17.7 Å². The van der Waals surface area contributed by atoms with Gasteiger partial charge >= 0.3 is 0 Å². The Balaban J connectivity index is 2.05. The fourth-order valence-corrected chi connectivity index (χ4v) is 2.41. The van der Waals surface area contributed by atoms with Crippen LogP contribution in [0.15, 0.2) is 54.6 Å². The molecule has 6 nitrogen and oxygen atoms in total. The van der Waals surface area contributed by atoms with Crippen molar-refractivity contribution in [2.24, 2.45) is 0 Å². The summed E-state index contributed by atoms with van der Waals surface area (Å²) in [5.74, 6) is -0.521. The summed E-state index contributed by atoms with van der Waals surface area (Å²) < 4.78 is -1.79.